The van der Waals surface area contributed by atoms with E-state index in [9.17, 15) is 8.42 Å². The van der Waals surface area contributed by atoms with Crippen LogP contribution in [0.15, 0.2) is 22.7 Å². The van der Waals surface area contributed by atoms with Gasteiger partial charge in [-0.25, -0.2) is 8.42 Å². The van der Waals surface area contributed by atoms with E-state index in [-0.39, 0.29) is 11.8 Å². The lowest BCUT2D eigenvalue weighted by molar-refractivity contribution is 0.588. The van der Waals surface area contributed by atoms with E-state index < -0.39 is 9.84 Å². The monoisotopic (exact) mass is 339 g/mol. The first-order valence-electron chi connectivity index (χ1n) is 5.18. The molecule has 0 aromatic heterocycles. The second-order valence-electron chi connectivity index (χ2n) is 4.05. The molecule has 1 aromatic rings. The van der Waals surface area contributed by atoms with E-state index in [1.165, 1.54) is 6.26 Å². The van der Waals surface area contributed by atoms with Crippen LogP contribution in [-0.2, 0) is 9.84 Å². The molecule has 1 unspecified atom stereocenters. The van der Waals surface area contributed by atoms with Gasteiger partial charge in [0.15, 0.2) is 0 Å². The molecular weight excluding hydrogens is 326 g/mol. The summed E-state index contributed by atoms with van der Waals surface area (Å²) in [7, 11) is -2.90. The van der Waals surface area contributed by atoms with Crippen molar-refractivity contribution in [1.82, 2.24) is 0 Å². The molecule has 0 aliphatic carbocycles. The molecule has 0 aliphatic heterocycles. The van der Waals surface area contributed by atoms with Gasteiger partial charge >= 0.3 is 0 Å². The van der Waals surface area contributed by atoms with E-state index in [4.69, 9.17) is 17.3 Å². The molecule has 0 amide bonds. The first-order chi connectivity index (χ1) is 7.79. The summed E-state index contributed by atoms with van der Waals surface area (Å²) in [4.78, 5) is 0. The predicted molar refractivity (Wildman–Crippen MR) is 75.0 cm³/mol. The molecule has 96 valence electrons. The quantitative estimate of drug-likeness (QED) is 0.896. The molecule has 0 aliphatic rings. The first-order valence-corrected chi connectivity index (χ1v) is 8.41. The predicted octanol–water partition coefficient (Wildman–Crippen LogP) is 2.93. The number of halogens is 2. The maximum Gasteiger partial charge on any atom is 0.147 e. The molecule has 2 N–H and O–H groups in total. The Morgan fingerprint density at radius 1 is 1.47 bits per heavy atom. The van der Waals surface area contributed by atoms with Crippen molar-refractivity contribution < 1.29 is 8.42 Å². The zero-order valence-corrected chi connectivity index (χ0v) is 12.6. The van der Waals surface area contributed by atoms with Crippen molar-refractivity contribution >= 4 is 37.4 Å². The van der Waals surface area contributed by atoms with Crippen LogP contribution in [0.25, 0.3) is 0 Å². The summed E-state index contributed by atoms with van der Waals surface area (Å²) in [5.74, 6) is 0.176. The maximum atomic E-state index is 11.0. The molecule has 0 spiro atoms. The summed E-state index contributed by atoms with van der Waals surface area (Å²) in [5, 5.41) is 0.636. The van der Waals surface area contributed by atoms with Crippen LogP contribution in [0.5, 0.6) is 0 Å². The van der Waals surface area contributed by atoms with E-state index in [1.807, 2.05) is 12.1 Å². The van der Waals surface area contributed by atoms with E-state index in [1.54, 1.807) is 6.07 Å². The van der Waals surface area contributed by atoms with Crippen LogP contribution < -0.4 is 5.73 Å². The lowest BCUT2D eigenvalue weighted by atomic mass is 10.0. The van der Waals surface area contributed by atoms with Gasteiger partial charge in [-0.05, 0) is 46.5 Å². The Bertz CT molecular complexity index is 490. The summed E-state index contributed by atoms with van der Waals surface area (Å²) in [6.45, 7) is 0. The van der Waals surface area contributed by atoms with Crippen LogP contribution in [0.2, 0.25) is 5.02 Å². The Labute approximate surface area is 115 Å². The SMILES string of the molecule is CS(=O)(=O)CCCC(N)c1ccc(Cl)c(Br)c1. The number of nitrogens with two attached hydrogens (primary N) is 1. The van der Waals surface area contributed by atoms with Gasteiger partial charge in [0.05, 0.1) is 5.02 Å². The van der Waals surface area contributed by atoms with Gasteiger partial charge < -0.3 is 5.73 Å². The van der Waals surface area contributed by atoms with Crippen LogP contribution >= 0.6 is 27.5 Å². The minimum absolute atomic E-state index is 0.162. The fourth-order valence-electron chi connectivity index (χ4n) is 1.48. The summed E-state index contributed by atoms with van der Waals surface area (Å²) < 4.78 is 22.8. The highest BCUT2D eigenvalue weighted by Gasteiger charge is 2.09. The van der Waals surface area contributed by atoms with Crippen LogP contribution in [0.3, 0.4) is 0 Å². The minimum atomic E-state index is -2.90. The highest BCUT2D eigenvalue weighted by atomic mass is 79.9. The van der Waals surface area contributed by atoms with E-state index >= 15 is 0 Å². The number of benzene rings is 1. The molecule has 1 rings (SSSR count). The van der Waals surface area contributed by atoms with Crippen molar-refractivity contribution in [2.45, 2.75) is 18.9 Å². The number of hydrogen-bond donors (Lipinski definition) is 1. The third-order valence-electron chi connectivity index (χ3n) is 2.40. The second-order valence-corrected chi connectivity index (χ2v) is 7.57. The Balaban J connectivity index is 2.58. The molecule has 1 aromatic carbocycles. The molecule has 1 atom stereocenters. The fraction of sp³-hybridized carbons (Fsp3) is 0.455. The lowest BCUT2D eigenvalue weighted by Gasteiger charge is -2.12. The van der Waals surface area contributed by atoms with Gasteiger partial charge in [-0.3, -0.25) is 0 Å². The molecule has 6 heteroatoms. The fourth-order valence-corrected chi connectivity index (χ4v) is 2.68. The standard InChI is InChI=1S/C11H15BrClNO2S/c1-17(15,16)6-2-3-11(14)8-4-5-10(13)9(12)7-8/h4-5,7,11H,2-3,6,14H2,1H3. The Hall–Kier alpha value is -0.100. The normalized spacial score (nSPS) is 13.6. The van der Waals surface area contributed by atoms with Crippen molar-refractivity contribution in [2.24, 2.45) is 5.73 Å². The van der Waals surface area contributed by atoms with Crippen molar-refractivity contribution in [3.05, 3.63) is 33.3 Å². The zero-order valence-electron chi connectivity index (χ0n) is 9.49. The molecule has 0 fully saturated rings. The molecular formula is C11H15BrClNO2S. The minimum Gasteiger partial charge on any atom is -0.324 e. The maximum absolute atomic E-state index is 11.0. The molecule has 3 nitrogen and oxygen atoms in total. The summed E-state index contributed by atoms with van der Waals surface area (Å²) in [5.41, 5.74) is 6.94. The summed E-state index contributed by atoms with van der Waals surface area (Å²) >= 11 is 9.21. The Morgan fingerprint density at radius 3 is 2.65 bits per heavy atom. The Morgan fingerprint density at radius 2 is 2.12 bits per heavy atom. The van der Waals surface area contributed by atoms with E-state index in [0.29, 0.717) is 17.9 Å². The lowest BCUT2D eigenvalue weighted by Crippen LogP contribution is -2.12. The number of rotatable bonds is 5. The second kappa shape index (κ2) is 6.18. The van der Waals surface area contributed by atoms with E-state index in [0.717, 1.165) is 10.0 Å². The van der Waals surface area contributed by atoms with Crippen LogP contribution in [0.1, 0.15) is 24.4 Å². The average Bonchev–Trinajstić information content (AvgIpc) is 2.20. The van der Waals surface area contributed by atoms with E-state index in [2.05, 4.69) is 15.9 Å². The van der Waals surface area contributed by atoms with Gasteiger partial charge in [0.2, 0.25) is 0 Å². The van der Waals surface area contributed by atoms with Crippen molar-refractivity contribution in [3.8, 4) is 0 Å². The molecule has 0 bridgehead atoms. The van der Waals surface area contributed by atoms with Crippen LogP contribution in [0, 0.1) is 0 Å². The third kappa shape index (κ3) is 5.38. The average molecular weight is 341 g/mol. The van der Waals surface area contributed by atoms with Gasteiger partial charge in [0.25, 0.3) is 0 Å². The Kier molecular flexibility index (Phi) is 5.44. The third-order valence-corrected chi connectivity index (χ3v) is 4.65. The van der Waals surface area contributed by atoms with Crippen LogP contribution in [-0.4, -0.2) is 20.4 Å². The molecule has 0 radical (unpaired) electrons. The van der Waals surface area contributed by atoms with Crippen LogP contribution in [0.4, 0.5) is 0 Å². The molecule has 0 saturated heterocycles. The largest absolute Gasteiger partial charge is 0.324 e. The molecule has 0 saturated carbocycles. The molecule has 17 heavy (non-hydrogen) atoms. The van der Waals surface area contributed by atoms with Gasteiger partial charge in [0, 0.05) is 22.5 Å². The topological polar surface area (TPSA) is 60.2 Å². The molecule has 0 heterocycles. The summed E-state index contributed by atoms with van der Waals surface area (Å²) in [6.07, 6.45) is 2.44. The summed E-state index contributed by atoms with van der Waals surface area (Å²) in [6, 6.07) is 5.34. The van der Waals surface area contributed by atoms with Crippen molar-refractivity contribution in [1.29, 1.82) is 0 Å². The van der Waals surface area contributed by atoms with Gasteiger partial charge in [-0.1, -0.05) is 17.7 Å². The highest BCUT2D eigenvalue weighted by molar-refractivity contribution is 9.10. The number of hydrogen-bond acceptors (Lipinski definition) is 3. The first kappa shape index (κ1) is 15.0. The van der Waals surface area contributed by atoms with Gasteiger partial charge in [-0.15, -0.1) is 0 Å². The highest BCUT2D eigenvalue weighted by Crippen LogP contribution is 2.26. The zero-order chi connectivity index (χ0) is 13.1. The van der Waals surface area contributed by atoms with Crippen molar-refractivity contribution in [3.63, 3.8) is 0 Å². The van der Waals surface area contributed by atoms with Crippen molar-refractivity contribution in [2.75, 3.05) is 12.0 Å². The van der Waals surface area contributed by atoms with Gasteiger partial charge in [-0.2, -0.15) is 0 Å². The van der Waals surface area contributed by atoms with Gasteiger partial charge in [0.1, 0.15) is 9.84 Å². The number of sulfone groups is 1. The smallest absolute Gasteiger partial charge is 0.147 e.